The van der Waals surface area contributed by atoms with Gasteiger partial charge in [-0.15, -0.1) is 0 Å². The number of hydrogen-bond acceptors (Lipinski definition) is 5. The molecule has 2 N–H and O–H groups in total. The number of hydrogen-bond donors (Lipinski definition) is 2. The van der Waals surface area contributed by atoms with E-state index < -0.39 is 11.5 Å². The van der Waals surface area contributed by atoms with Gasteiger partial charge in [-0.05, 0) is 31.6 Å². The molecule has 0 aromatic carbocycles. The van der Waals surface area contributed by atoms with Crippen LogP contribution in [0.3, 0.4) is 0 Å². The maximum absolute atomic E-state index is 11.4. The van der Waals surface area contributed by atoms with Crippen molar-refractivity contribution in [3.63, 3.8) is 0 Å². The summed E-state index contributed by atoms with van der Waals surface area (Å²) in [6.07, 6.45) is 3.42. The second kappa shape index (κ2) is 7.49. The summed E-state index contributed by atoms with van der Waals surface area (Å²) in [5.74, 6) is -1.41. The van der Waals surface area contributed by atoms with E-state index in [-0.39, 0.29) is 17.9 Å². The Labute approximate surface area is 144 Å². The third-order valence-electron chi connectivity index (χ3n) is 3.48. The van der Waals surface area contributed by atoms with E-state index in [4.69, 9.17) is 15.1 Å². The molecule has 1 atom stereocenters. The summed E-state index contributed by atoms with van der Waals surface area (Å²) in [7, 11) is 0. The largest absolute Gasteiger partial charge is 0.477 e. The Hall–Kier alpha value is -3.34. The minimum Gasteiger partial charge on any atom is -0.477 e. The normalized spacial score (nSPS) is 12.5. The number of pyridine rings is 1. The van der Waals surface area contributed by atoms with Gasteiger partial charge in [0.05, 0.1) is 11.8 Å². The van der Waals surface area contributed by atoms with Crippen LogP contribution in [0.1, 0.15) is 32.9 Å². The van der Waals surface area contributed by atoms with Crippen LogP contribution in [0.2, 0.25) is 0 Å². The Morgan fingerprint density at radius 1 is 1.56 bits per heavy atom. The predicted octanol–water partition coefficient (Wildman–Crippen LogP) is 2.46. The van der Waals surface area contributed by atoms with Crippen LogP contribution in [0.5, 0.6) is 5.88 Å². The molecule has 0 fully saturated rings. The SMILES string of the molecule is CCC(C)Oc1nc2c(NC(C)=O)cccn2c1C=C(C#N)C(=O)O. The van der Waals surface area contributed by atoms with Crippen molar-refractivity contribution in [2.24, 2.45) is 0 Å². The zero-order valence-corrected chi connectivity index (χ0v) is 14.1. The number of carbonyl (C=O) groups is 2. The highest BCUT2D eigenvalue weighted by Crippen LogP contribution is 2.28. The number of amides is 1. The van der Waals surface area contributed by atoms with Crippen LogP contribution >= 0.6 is 0 Å². The van der Waals surface area contributed by atoms with Gasteiger partial charge in [0.25, 0.3) is 0 Å². The monoisotopic (exact) mass is 342 g/mol. The Bertz CT molecular complexity index is 892. The van der Waals surface area contributed by atoms with E-state index in [1.165, 1.54) is 13.0 Å². The number of imidazole rings is 1. The Kier molecular flexibility index (Phi) is 5.39. The lowest BCUT2D eigenvalue weighted by Gasteiger charge is -2.10. The fraction of sp³-hybridized carbons (Fsp3) is 0.294. The first kappa shape index (κ1) is 18.0. The third-order valence-corrected chi connectivity index (χ3v) is 3.48. The molecule has 25 heavy (non-hydrogen) atoms. The summed E-state index contributed by atoms with van der Waals surface area (Å²) in [4.78, 5) is 26.9. The fourth-order valence-corrected chi connectivity index (χ4v) is 2.12. The van der Waals surface area contributed by atoms with E-state index in [9.17, 15) is 9.59 Å². The molecular weight excluding hydrogens is 324 g/mol. The van der Waals surface area contributed by atoms with Crippen molar-refractivity contribution in [3.8, 4) is 11.9 Å². The average Bonchev–Trinajstić information content (AvgIpc) is 2.90. The van der Waals surface area contributed by atoms with Crippen LogP contribution in [0.15, 0.2) is 23.9 Å². The summed E-state index contributed by atoms with van der Waals surface area (Å²) in [6, 6.07) is 4.99. The zero-order chi connectivity index (χ0) is 18.6. The molecule has 0 radical (unpaired) electrons. The van der Waals surface area contributed by atoms with Crippen LogP contribution in [-0.4, -0.2) is 32.5 Å². The van der Waals surface area contributed by atoms with Crippen molar-refractivity contribution in [1.82, 2.24) is 9.38 Å². The lowest BCUT2D eigenvalue weighted by Crippen LogP contribution is -2.11. The topological polar surface area (TPSA) is 117 Å². The van der Waals surface area contributed by atoms with Gasteiger partial charge >= 0.3 is 5.97 Å². The van der Waals surface area contributed by atoms with Gasteiger partial charge in [-0.1, -0.05) is 6.92 Å². The summed E-state index contributed by atoms with van der Waals surface area (Å²) in [5.41, 5.74) is 0.726. The first-order chi connectivity index (χ1) is 11.9. The number of rotatable bonds is 6. The number of aromatic nitrogens is 2. The number of ether oxygens (including phenoxy) is 1. The molecular formula is C17H18N4O4. The number of fused-ring (bicyclic) bond motifs is 1. The fourth-order valence-electron chi connectivity index (χ4n) is 2.12. The number of aliphatic carboxylic acids is 1. The zero-order valence-electron chi connectivity index (χ0n) is 14.1. The standard InChI is InChI=1S/C17H18N4O4/c1-4-10(2)25-16-14(8-12(9-18)17(23)24)21-7-5-6-13(15(21)20-16)19-11(3)22/h5-8,10H,4H2,1-3H3,(H,19,22)(H,23,24). The van der Waals surface area contributed by atoms with Gasteiger partial charge in [0.2, 0.25) is 11.8 Å². The van der Waals surface area contributed by atoms with E-state index in [1.54, 1.807) is 28.8 Å². The molecule has 8 heteroatoms. The molecule has 2 aromatic rings. The molecule has 2 aromatic heterocycles. The summed E-state index contributed by atoms with van der Waals surface area (Å²) in [5, 5.41) is 20.8. The second-order valence-corrected chi connectivity index (χ2v) is 5.41. The first-order valence-electron chi connectivity index (χ1n) is 7.67. The van der Waals surface area contributed by atoms with E-state index >= 15 is 0 Å². The molecule has 0 bridgehead atoms. The Morgan fingerprint density at radius 2 is 2.28 bits per heavy atom. The van der Waals surface area contributed by atoms with Gasteiger partial charge in [-0.25, -0.2) is 4.79 Å². The second-order valence-electron chi connectivity index (χ2n) is 5.41. The van der Waals surface area contributed by atoms with Gasteiger partial charge in [-0.2, -0.15) is 10.2 Å². The molecule has 1 unspecified atom stereocenters. The summed E-state index contributed by atoms with van der Waals surface area (Å²) in [6.45, 7) is 5.17. The number of nitrogens with one attached hydrogen (secondary N) is 1. The molecule has 0 saturated carbocycles. The van der Waals surface area contributed by atoms with Gasteiger partial charge in [-0.3, -0.25) is 9.20 Å². The maximum Gasteiger partial charge on any atom is 0.346 e. The molecule has 0 saturated heterocycles. The van der Waals surface area contributed by atoms with Gasteiger partial charge in [0, 0.05) is 13.1 Å². The van der Waals surface area contributed by atoms with E-state index in [0.29, 0.717) is 17.0 Å². The van der Waals surface area contributed by atoms with Crippen molar-refractivity contribution >= 4 is 29.3 Å². The number of anilines is 1. The highest BCUT2D eigenvalue weighted by molar-refractivity contribution is 5.97. The van der Waals surface area contributed by atoms with Crippen LogP contribution in [0.25, 0.3) is 11.7 Å². The molecule has 0 spiro atoms. The molecule has 130 valence electrons. The summed E-state index contributed by atoms with van der Waals surface area (Å²) >= 11 is 0. The molecule has 2 heterocycles. The van der Waals surface area contributed by atoms with Crippen molar-refractivity contribution in [3.05, 3.63) is 29.6 Å². The molecule has 2 rings (SSSR count). The lowest BCUT2D eigenvalue weighted by atomic mass is 10.2. The predicted molar refractivity (Wildman–Crippen MR) is 91.1 cm³/mol. The van der Waals surface area contributed by atoms with Crippen LogP contribution < -0.4 is 10.1 Å². The molecule has 8 nitrogen and oxygen atoms in total. The highest BCUT2D eigenvalue weighted by Gasteiger charge is 2.19. The van der Waals surface area contributed by atoms with Gasteiger partial charge < -0.3 is 15.2 Å². The number of nitrogens with zero attached hydrogens (tertiary/aromatic N) is 3. The van der Waals surface area contributed by atoms with Crippen LogP contribution in [-0.2, 0) is 9.59 Å². The van der Waals surface area contributed by atoms with Crippen molar-refractivity contribution in [1.29, 1.82) is 5.26 Å². The van der Waals surface area contributed by atoms with Crippen LogP contribution in [0.4, 0.5) is 5.69 Å². The number of nitriles is 1. The molecule has 1 amide bonds. The highest BCUT2D eigenvalue weighted by atomic mass is 16.5. The quantitative estimate of drug-likeness (QED) is 0.615. The van der Waals surface area contributed by atoms with Crippen molar-refractivity contribution < 1.29 is 19.4 Å². The van der Waals surface area contributed by atoms with Crippen molar-refractivity contribution in [2.45, 2.75) is 33.3 Å². The number of carbonyl (C=O) groups excluding carboxylic acids is 1. The minimum atomic E-state index is -1.34. The van der Waals surface area contributed by atoms with Gasteiger partial charge in [0.1, 0.15) is 17.3 Å². The maximum atomic E-state index is 11.4. The smallest absolute Gasteiger partial charge is 0.346 e. The Balaban J connectivity index is 2.71. The number of carboxylic acid groups (broad SMARTS) is 1. The van der Waals surface area contributed by atoms with E-state index in [2.05, 4.69) is 10.3 Å². The molecule has 0 aliphatic rings. The minimum absolute atomic E-state index is 0.156. The third kappa shape index (κ3) is 3.95. The molecule has 0 aliphatic heterocycles. The Morgan fingerprint density at radius 3 is 2.84 bits per heavy atom. The van der Waals surface area contributed by atoms with Crippen molar-refractivity contribution in [2.75, 3.05) is 5.32 Å². The number of carboxylic acids is 1. The lowest BCUT2D eigenvalue weighted by molar-refractivity contribution is -0.132. The molecule has 0 aliphatic carbocycles. The van der Waals surface area contributed by atoms with E-state index in [1.807, 2.05) is 13.8 Å². The van der Waals surface area contributed by atoms with Gasteiger partial charge in [0.15, 0.2) is 5.65 Å². The van der Waals surface area contributed by atoms with Crippen LogP contribution in [0, 0.1) is 11.3 Å². The summed E-state index contributed by atoms with van der Waals surface area (Å²) < 4.78 is 7.35. The van der Waals surface area contributed by atoms with E-state index in [0.717, 1.165) is 6.42 Å². The first-order valence-corrected chi connectivity index (χ1v) is 7.67. The average molecular weight is 342 g/mol.